The summed E-state index contributed by atoms with van der Waals surface area (Å²) in [5.41, 5.74) is 2.03. The van der Waals surface area contributed by atoms with Gasteiger partial charge in [-0.2, -0.15) is 18.3 Å². The third kappa shape index (κ3) is 1.97. The molecule has 2 aromatic heterocycles. The topological polar surface area (TPSA) is 33.6 Å². The molecular weight excluding hydrogens is 267 g/mol. The Kier molecular flexibility index (Phi) is 2.64. The maximum Gasteiger partial charge on any atom is 0.416 e. The number of alkyl halides is 3. The summed E-state index contributed by atoms with van der Waals surface area (Å²) in [6.07, 6.45) is -0.651. The number of rotatable bonds is 1. The standard InChI is InChI=1S/C14H12F3N3/c1-8-6-20(7-9(8)2)13-11-5-10(14(15,16)17)3-4-12(11)18-19-13/h3-7H,1-2H3,(H,18,19). The van der Waals surface area contributed by atoms with Crippen LogP contribution in [0.2, 0.25) is 0 Å². The lowest BCUT2D eigenvalue weighted by atomic mass is 10.1. The van der Waals surface area contributed by atoms with E-state index in [4.69, 9.17) is 0 Å². The Hall–Kier alpha value is -2.24. The molecule has 0 bridgehead atoms. The van der Waals surface area contributed by atoms with E-state index >= 15 is 0 Å². The molecule has 1 aromatic carbocycles. The SMILES string of the molecule is Cc1cn(-c2n[nH]c3ccc(C(F)(F)F)cc23)cc1C. The first kappa shape index (κ1) is 12.8. The lowest BCUT2D eigenvalue weighted by Crippen LogP contribution is -2.04. The average Bonchev–Trinajstić information content (AvgIpc) is 2.92. The number of aryl methyl sites for hydroxylation is 2. The molecule has 0 aliphatic heterocycles. The van der Waals surface area contributed by atoms with Crippen LogP contribution in [0.4, 0.5) is 13.2 Å². The van der Waals surface area contributed by atoms with Gasteiger partial charge in [0.15, 0.2) is 5.82 Å². The third-order valence-corrected chi connectivity index (χ3v) is 3.40. The zero-order chi connectivity index (χ0) is 14.5. The maximum atomic E-state index is 12.8. The molecule has 0 saturated heterocycles. The summed E-state index contributed by atoms with van der Waals surface area (Å²) in [5, 5.41) is 7.32. The summed E-state index contributed by atoms with van der Waals surface area (Å²) in [4.78, 5) is 0. The molecule has 2 heterocycles. The quantitative estimate of drug-likeness (QED) is 0.718. The first-order valence-electron chi connectivity index (χ1n) is 6.07. The van der Waals surface area contributed by atoms with Gasteiger partial charge in [0.2, 0.25) is 0 Å². The van der Waals surface area contributed by atoms with Crippen molar-refractivity contribution in [3.05, 3.63) is 47.3 Å². The van der Waals surface area contributed by atoms with Gasteiger partial charge in [-0.05, 0) is 43.2 Å². The van der Waals surface area contributed by atoms with E-state index in [2.05, 4.69) is 10.2 Å². The zero-order valence-electron chi connectivity index (χ0n) is 10.9. The molecule has 0 fully saturated rings. The van der Waals surface area contributed by atoms with Gasteiger partial charge in [0.25, 0.3) is 0 Å². The van der Waals surface area contributed by atoms with Crippen molar-refractivity contribution in [2.45, 2.75) is 20.0 Å². The molecule has 104 valence electrons. The van der Waals surface area contributed by atoms with E-state index in [0.717, 1.165) is 23.3 Å². The van der Waals surface area contributed by atoms with Crippen LogP contribution in [0, 0.1) is 13.8 Å². The average molecular weight is 279 g/mol. The molecule has 0 aliphatic carbocycles. The third-order valence-electron chi connectivity index (χ3n) is 3.40. The minimum atomic E-state index is -4.36. The highest BCUT2D eigenvalue weighted by Crippen LogP contribution is 2.32. The van der Waals surface area contributed by atoms with Crippen LogP contribution >= 0.6 is 0 Å². The minimum Gasteiger partial charge on any atom is -0.306 e. The van der Waals surface area contributed by atoms with E-state index in [1.165, 1.54) is 6.07 Å². The number of hydrogen-bond donors (Lipinski definition) is 1. The molecule has 3 aromatic rings. The predicted octanol–water partition coefficient (Wildman–Crippen LogP) is 3.99. The van der Waals surface area contributed by atoms with Gasteiger partial charge in [0.1, 0.15) is 0 Å². The van der Waals surface area contributed by atoms with E-state index in [1.807, 2.05) is 26.2 Å². The summed E-state index contributed by atoms with van der Waals surface area (Å²) in [6, 6.07) is 3.58. The highest BCUT2D eigenvalue weighted by Gasteiger charge is 2.31. The molecule has 20 heavy (non-hydrogen) atoms. The van der Waals surface area contributed by atoms with Gasteiger partial charge in [0, 0.05) is 17.8 Å². The molecule has 6 heteroatoms. The zero-order valence-corrected chi connectivity index (χ0v) is 10.9. The highest BCUT2D eigenvalue weighted by molar-refractivity contribution is 5.86. The van der Waals surface area contributed by atoms with Crippen LogP contribution in [0.1, 0.15) is 16.7 Å². The Balaban J connectivity index is 2.21. The number of hydrogen-bond acceptors (Lipinski definition) is 1. The second-order valence-electron chi connectivity index (χ2n) is 4.84. The fourth-order valence-corrected chi connectivity index (χ4v) is 2.15. The molecule has 0 amide bonds. The van der Waals surface area contributed by atoms with Crippen LogP contribution in [-0.4, -0.2) is 14.8 Å². The highest BCUT2D eigenvalue weighted by atomic mass is 19.4. The number of aromatic amines is 1. The van der Waals surface area contributed by atoms with Crippen molar-refractivity contribution in [2.24, 2.45) is 0 Å². The van der Waals surface area contributed by atoms with Gasteiger partial charge in [-0.1, -0.05) is 0 Å². The number of aromatic nitrogens is 3. The molecular formula is C14H12F3N3. The molecule has 0 spiro atoms. The Morgan fingerprint density at radius 1 is 1.10 bits per heavy atom. The minimum absolute atomic E-state index is 0.454. The number of halogens is 3. The second kappa shape index (κ2) is 4.13. The molecule has 0 aliphatic rings. The Morgan fingerprint density at radius 3 is 2.35 bits per heavy atom. The number of nitrogens with one attached hydrogen (secondary N) is 1. The number of nitrogens with zero attached hydrogens (tertiary/aromatic N) is 2. The molecule has 1 N–H and O–H groups in total. The van der Waals surface area contributed by atoms with Crippen molar-refractivity contribution < 1.29 is 13.2 Å². The predicted molar refractivity (Wildman–Crippen MR) is 69.9 cm³/mol. The summed E-state index contributed by atoms with van der Waals surface area (Å²) >= 11 is 0. The lowest BCUT2D eigenvalue weighted by molar-refractivity contribution is -0.137. The van der Waals surface area contributed by atoms with E-state index < -0.39 is 11.7 Å². The molecule has 0 unspecified atom stereocenters. The van der Waals surface area contributed by atoms with Gasteiger partial charge in [-0.25, -0.2) is 0 Å². The Labute approximate surface area is 113 Å². The smallest absolute Gasteiger partial charge is 0.306 e. The second-order valence-corrected chi connectivity index (χ2v) is 4.84. The van der Waals surface area contributed by atoms with Gasteiger partial charge in [-0.15, -0.1) is 0 Å². The Morgan fingerprint density at radius 2 is 1.75 bits per heavy atom. The molecule has 3 nitrogen and oxygen atoms in total. The van der Waals surface area contributed by atoms with E-state index in [9.17, 15) is 13.2 Å². The number of fused-ring (bicyclic) bond motifs is 1. The summed E-state index contributed by atoms with van der Waals surface area (Å²) in [5.74, 6) is 0.474. The lowest BCUT2D eigenvalue weighted by Gasteiger charge is -2.06. The van der Waals surface area contributed by atoms with Crippen LogP contribution < -0.4 is 0 Å². The van der Waals surface area contributed by atoms with Gasteiger partial charge < -0.3 is 4.57 Å². The van der Waals surface area contributed by atoms with Crippen molar-refractivity contribution in [2.75, 3.05) is 0 Å². The molecule has 0 radical (unpaired) electrons. The normalized spacial score (nSPS) is 12.2. The summed E-state index contributed by atoms with van der Waals surface area (Å²) in [6.45, 7) is 3.89. The van der Waals surface area contributed by atoms with Crippen LogP contribution in [0.3, 0.4) is 0 Å². The maximum absolute atomic E-state index is 12.8. The fraction of sp³-hybridized carbons (Fsp3) is 0.214. The van der Waals surface area contributed by atoms with Gasteiger partial charge >= 0.3 is 6.18 Å². The van der Waals surface area contributed by atoms with Gasteiger partial charge in [-0.3, -0.25) is 5.10 Å². The van der Waals surface area contributed by atoms with Crippen LogP contribution in [-0.2, 0) is 6.18 Å². The monoisotopic (exact) mass is 279 g/mol. The summed E-state index contributed by atoms with van der Waals surface area (Å²) < 4.78 is 40.1. The van der Waals surface area contributed by atoms with E-state index in [-0.39, 0.29) is 0 Å². The summed E-state index contributed by atoms with van der Waals surface area (Å²) in [7, 11) is 0. The molecule has 0 atom stereocenters. The van der Waals surface area contributed by atoms with Crippen LogP contribution in [0.15, 0.2) is 30.6 Å². The van der Waals surface area contributed by atoms with Crippen molar-refractivity contribution in [3.63, 3.8) is 0 Å². The first-order valence-corrected chi connectivity index (χ1v) is 6.07. The van der Waals surface area contributed by atoms with Crippen molar-refractivity contribution in [1.82, 2.24) is 14.8 Å². The first-order chi connectivity index (χ1) is 9.36. The molecule has 0 saturated carbocycles. The van der Waals surface area contributed by atoms with Crippen molar-refractivity contribution in [3.8, 4) is 5.82 Å². The van der Waals surface area contributed by atoms with Gasteiger partial charge in [0.05, 0.1) is 11.1 Å². The fourth-order valence-electron chi connectivity index (χ4n) is 2.15. The van der Waals surface area contributed by atoms with Crippen LogP contribution in [0.5, 0.6) is 0 Å². The number of H-pyrrole nitrogens is 1. The van der Waals surface area contributed by atoms with E-state index in [1.54, 1.807) is 4.57 Å². The van der Waals surface area contributed by atoms with Crippen molar-refractivity contribution in [1.29, 1.82) is 0 Å². The number of benzene rings is 1. The van der Waals surface area contributed by atoms with Crippen LogP contribution in [0.25, 0.3) is 16.7 Å². The van der Waals surface area contributed by atoms with Crippen molar-refractivity contribution >= 4 is 10.9 Å². The van der Waals surface area contributed by atoms with E-state index in [0.29, 0.717) is 16.7 Å². The molecule has 3 rings (SSSR count). The Bertz CT molecular complexity index is 761. The largest absolute Gasteiger partial charge is 0.416 e.